The van der Waals surface area contributed by atoms with Crippen LogP contribution in [-0.4, -0.2) is 88.1 Å². The lowest BCUT2D eigenvalue weighted by Crippen LogP contribution is -2.50. The Balaban J connectivity index is 1.49. The van der Waals surface area contributed by atoms with Crippen LogP contribution in [0.5, 0.6) is 0 Å². The smallest absolute Gasteiger partial charge is 0.243 e. The molecule has 0 spiro atoms. The molecule has 0 saturated carbocycles. The summed E-state index contributed by atoms with van der Waals surface area (Å²) in [4.78, 5) is 5.05. The normalized spacial score (nSPS) is 21.9. The van der Waals surface area contributed by atoms with Crippen LogP contribution in [0, 0.1) is 0 Å². The second-order valence-electron chi connectivity index (χ2n) is 6.15. The highest BCUT2D eigenvalue weighted by atomic mass is 35.5. The van der Waals surface area contributed by atoms with Crippen LogP contribution in [0.4, 0.5) is 0 Å². The van der Waals surface area contributed by atoms with Crippen molar-refractivity contribution in [1.82, 2.24) is 14.1 Å². The third-order valence-electron chi connectivity index (χ3n) is 4.62. The molecule has 0 amide bonds. The highest BCUT2D eigenvalue weighted by molar-refractivity contribution is 7.89. The van der Waals surface area contributed by atoms with Gasteiger partial charge in [-0.25, -0.2) is 8.42 Å². The second kappa shape index (κ2) is 8.12. The fraction of sp³-hybridized carbons (Fsp3) is 0.625. The van der Waals surface area contributed by atoms with Gasteiger partial charge in [-0.2, -0.15) is 4.31 Å². The van der Waals surface area contributed by atoms with Gasteiger partial charge in [0.15, 0.2) is 0 Å². The number of rotatable bonds is 5. The first-order valence-corrected chi connectivity index (χ1v) is 10.2. The maximum absolute atomic E-state index is 12.7. The van der Waals surface area contributed by atoms with E-state index in [1.54, 1.807) is 28.6 Å². The van der Waals surface area contributed by atoms with Gasteiger partial charge < -0.3 is 4.74 Å². The number of piperazine rings is 1. The minimum atomic E-state index is -3.42. The zero-order valence-corrected chi connectivity index (χ0v) is 15.3. The van der Waals surface area contributed by atoms with Crippen LogP contribution < -0.4 is 0 Å². The van der Waals surface area contributed by atoms with E-state index in [9.17, 15) is 8.42 Å². The fourth-order valence-corrected chi connectivity index (χ4v) is 4.60. The summed E-state index contributed by atoms with van der Waals surface area (Å²) in [5.74, 6) is 0. The predicted octanol–water partition coefficient (Wildman–Crippen LogP) is 0.978. The number of hydrogen-bond donors (Lipinski definition) is 0. The van der Waals surface area contributed by atoms with Crippen LogP contribution in [0.15, 0.2) is 29.2 Å². The van der Waals surface area contributed by atoms with Crippen molar-refractivity contribution in [3.8, 4) is 0 Å². The Labute approximate surface area is 149 Å². The van der Waals surface area contributed by atoms with E-state index in [0.717, 1.165) is 52.5 Å². The molecule has 134 valence electrons. The van der Waals surface area contributed by atoms with Gasteiger partial charge in [0, 0.05) is 57.4 Å². The van der Waals surface area contributed by atoms with E-state index in [0.29, 0.717) is 23.0 Å². The van der Waals surface area contributed by atoms with Crippen molar-refractivity contribution in [2.24, 2.45) is 0 Å². The van der Waals surface area contributed by atoms with E-state index < -0.39 is 10.0 Å². The molecule has 0 aromatic heterocycles. The van der Waals surface area contributed by atoms with E-state index in [-0.39, 0.29) is 0 Å². The van der Waals surface area contributed by atoms with E-state index in [1.807, 2.05) is 0 Å². The van der Waals surface area contributed by atoms with Crippen molar-refractivity contribution in [3.05, 3.63) is 29.3 Å². The number of sulfonamides is 1. The van der Waals surface area contributed by atoms with Crippen molar-refractivity contribution >= 4 is 21.6 Å². The topological polar surface area (TPSA) is 53.1 Å². The zero-order valence-electron chi connectivity index (χ0n) is 13.7. The number of morpholine rings is 1. The first kappa shape index (κ1) is 18.1. The maximum atomic E-state index is 12.7. The molecule has 8 heteroatoms. The maximum Gasteiger partial charge on any atom is 0.243 e. The molecule has 2 fully saturated rings. The molecule has 2 aliphatic heterocycles. The third-order valence-corrected chi connectivity index (χ3v) is 6.78. The molecule has 0 bridgehead atoms. The van der Waals surface area contributed by atoms with Crippen molar-refractivity contribution in [2.45, 2.75) is 4.90 Å². The van der Waals surface area contributed by atoms with Gasteiger partial charge in [0.1, 0.15) is 0 Å². The van der Waals surface area contributed by atoms with Crippen molar-refractivity contribution in [1.29, 1.82) is 0 Å². The number of halogens is 1. The van der Waals surface area contributed by atoms with Gasteiger partial charge in [0.25, 0.3) is 0 Å². The van der Waals surface area contributed by atoms with Crippen molar-refractivity contribution in [2.75, 3.05) is 65.6 Å². The van der Waals surface area contributed by atoms with E-state index in [2.05, 4.69) is 9.80 Å². The van der Waals surface area contributed by atoms with Crippen LogP contribution in [0.3, 0.4) is 0 Å². The molecule has 2 saturated heterocycles. The van der Waals surface area contributed by atoms with Gasteiger partial charge in [0.05, 0.1) is 18.1 Å². The van der Waals surface area contributed by atoms with Gasteiger partial charge >= 0.3 is 0 Å². The van der Waals surface area contributed by atoms with Crippen molar-refractivity contribution in [3.63, 3.8) is 0 Å². The van der Waals surface area contributed by atoms with Crippen LogP contribution in [0.1, 0.15) is 0 Å². The Bertz CT molecular complexity index is 624. The first-order chi connectivity index (χ1) is 11.6. The molecule has 6 nitrogen and oxygen atoms in total. The average molecular weight is 374 g/mol. The van der Waals surface area contributed by atoms with Gasteiger partial charge in [-0.3, -0.25) is 9.80 Å². The van der Waals surface area contributed by atoms with Crippen molar-refractivity contribution < 1.29 is 13.2 Å². The van der Waals surface area contributed by atoms with Crippen LogP contribution in [0.25, 0.3) is 0 Å². The van der Waals surface area contributed by atoms with E-state index in [4.69, 9.17) is 16.3 Å². The fourth-order valence-electron chi connectivity index (χ4n) is 3.06. The molecule has 0 N–H and O–H groups in total. The largest absolute Gasteiger partial charge is 0.379 e. The van der Waals surface area contributed by atoms with Gasteiger partial charge in [-0.05, 0) is 24.3 Å². The van der Waals surface area contributed by atoms with Crippen LogP contribution >= 0.6 is 11.6 Å². The number of benzene rings is 1. The van der Waals surface area contributed by atoms with E-state index >= 15 is 0 Å². The summed E-state index contributed by atoms with van der Waals surface area (Å²) in [6.07, 6.45) is 0. The SMILES string of the molecule is O=S(=O)(c1ccc(Cl)cc1)N1CCN(CCN2CCOCC2)CC1. The summed E-state index contributed by atoms with van der Waals surface area (Å²) in [5, 5.41) is 0.543. The molecule has 0 atom stereocenters. The Morgan fingerprint density at radius 1 is 0.875 bits per heavy atom. The molecular formula is C16H24ClN3O3S. The van der Waals surface area contributed by atoms with Gasteiger partial charge in [-0.15, -0.1) is 0 Å². The minimum absolute atomic E-state index is 0.314. The number of nitrogens with zero attached hydrogens (tertiary/aromatic N) is 3. The lowest BCUT2D eigenvalue weighted by atomic mass is 10.3. The molecule has 2 heterocycles. The molecule has 0 radical (unpaired) electrons. The molecule has 0 unspecified atom stereocenters. The van der Waals surface area contributed by atoms with Crippen LogP contribution in [-0.2, 0) is 14.8 Å². The molecule has 2 aliphatic rings. The molecule has 3 rings (SSSR count). The lowest BCUT2D eigenvalue weighted by Gasteiger charge is -2.35. The molecular weight excluding hydrogens is 350 g/mol. The highest BCUT2D eigenvalue weighted by Crippen LogP contribution is 2.19. The third kappa shape index (κ3) is 4.47. The minimum Gasteiger partial charge on any atom is -0.379 e. The van der Waals surface area contributed by atoms with E-state index in [1.165, 1.54) is 0 Å². The highest BCUT2D eigenvalue weighted by Gasteiger charge is 2.28. The molecule has 1 aromatic carbocycles. The summed E-state index contributed by atoms with van der Waals surface area (Å²) in [7, 11) is -3.42. The first-order valence-electron chi connectivity index (χ1n) is 8.34. The standard InChI is InChI=1S/C16H24ClN3O3S/c17-15-1-3-16(4-2-15)24(21,22)20-9-7-18(8-10-20)5-6-19-11-13-23-14-12-19/h1-4H,5-14H2. The van der Waals surface area contributed by atoms with Gasteiger partial charge in [-0.1, -0.05) is 11.6 Å². The molecule has 1 aromatic rings. The monoisotopic (exact) mass is 373 g/mol. The summed E-state index contributed by atoms with van der Waals surface area (Å²) in [6, 6.07) is 6.38. The molecule has 24 heavy (non-hydrogen) atoms. The summed E-state index contributed by atoms with van der Waals surface area (Å²) in [5.41, 5.74) is 0. The predicted molar refractivity (Wildman–Crippen MR) is 93.9 cm³/mol. The lowest BCUT2D eigenvalue weighted by molar-refractivity contribution is 0.0317. The quantitative estimate of drug-likeness (QED) is 0.770. The second-order valence-corrected chi connectivity index (χ2v) is 8.53. The van der Waals surface area contributed by atoms with Gasteiger partial charge in [0.2, 0.25) is 10.0 Å². The Kier molecular flexibility index (Phi) is 6.12. The number of hydrogen-bond acceptors (Lipinski definition) is 5. The Morgan fingerprint density at radius 2 is 1.42 bits per heavy atom. The Morgan fingerprint density at radius 3 is 2.00 bits per heavy atom. The summed E-state index contributed by atoms with van der Waals surface area (Å²) < 4.78 is 32.2. The Hall–Kier alpha value is -0.700. The summed E-state index contributed by atoms with van der Waals surface area (Å²) in [6.45, 7) is 8.23. The zero-order chi connectivity index (χ0) is 17.0. The molecule has 0 aliphatic carbocycles. The van der Waals surface area contributed by atoms with Crippen LogP contribution in [0.2, 0.25) is 5.02 Å². The number of ether oxygens (including phenoxy) is 1. The summed E-state index contributed by atoms with van der Waals surface area (Å²) >= 11 is 5.84. The average Bonchev–Trinajstić information content (AvgIpc) is 2.61.